The minimum absolute atomic E-state index is 0. The molecule has 0 amide bonds. The van der Waals surface area contributed by atoms with Gasteiger partial charge in [-0.15, -0.1) is 24.0 Å². The fourth-order valence-corrected chi connectivity index (χ4v) is 3.39. The van der Waals surface area contributed by atoms with Gasteiger partial charge >= 0.3 is 6.55 Å². The number of nitrogens with one attached hydrogen (secondary N) is 2. The summed E-state index contributed by atoms with van der Waals surface area (Å²) in [6.07, 6.45) is 3.53. The van der Waals surface area contributed by atoms with Crippen molar-refractivity contribution in [3.8, 4) is 11.5 Å². The van der Waals surface area contributed by atoms with Gasteiger partial charge in [-0.1, -0.05) is 0 Å². The first-order valence-electron chi connectivity index (χ1n) is 9.86. The van der Waals surface area contributed by atoms with E-state index in [0.29, 0.717) is 12.5 Å². The third-order valence-electron chi connectivity index (χ3n) is 4.91. The van der Waals surface area contributed by atoms with E-state index in [1.54, 1.807) is 14.2 Å². The maximum absolute atomic E-state index is 13.0. The summed E-state index contributed by atoms with van der Waals surface area (Å²) in [6.45, 7) is 1.70. The summed E-state index contributed by atoms with van der Waals surface area (Å²) in [6, 6.07) is 5.96. The molecule has 11 heteroatoms. The number of aliphatic imine (C=N–C) groups is 1. The molecular weight excluding hydrogens is 521 g/mol. The maximum Gasteiger partial charge on any atom is 0.319 e. The highest BCUT2D eigenvalue weighted by atomic mass is 127. The van der Waals surface area contributed by atoms with Crippen molar-refractivity contribution in [2.75, 3.05) is 38.8 Å². The third kappa shape index (κ3) is 6.58. The van der Waals surface area contributed by atoms with Crippen molar-refractivity contribution in [2.45, 2.75) is 32.5 Å². The molecule has 2 heterocycles. The number of guanidine groups is 1. The molecule has 1 fully saturated rings. The van der Waals surface area contributed by atoms with Crippen LogP contribution in [0.4, 0.5) is 14.5 Å². The van der Waals surface area contributed by atoms with Gasteiger partial charge in [0.1, 0.15) is 23.9 Å². The van der Waals surface area contributed by atoms with Crippen molar-refractivity contribution in [3.05, 3.63) is 36.4 Å². The second-order valence-electron chi connectivity index (χ2n) is 6.87. The van der Waals surface area contributed by atoms with E-state index in [1.165, 1.54) is 12.4 Å². The van der Waals surface area contributed by atoms with Crippen molar-refractivity contribution in [1.82, 2.24) is 20.2 Å². The second kappa shape index (κ2) is 11.9. The molecular formula is C20H29F2IN6O2. The minimum Gasteiger partial charge on any atom is -0.497 e. The summed E-state index contributed by atoms with van der Waals surface area (Å²) >= 11 is 0. The molecule has 1 atom stereocenters. The zero-order valence-corrected chi connectivity index (χ0v) is 20.2. The molecule has 0 aliphatic carbocycles. The molecule has 1 saturated heterocycles. The first kappa shape index (κ1) is 25.0. The first-order chi connectivity index (χ1) is 14.5. The number of hydrogen-bond acceptors (Lipinski definition) is 5. The fraction of sp³-hybridized carbons (Fsp3) is 0.500. The number of nitrogens with zero attached hydrogens (tertiary/aromatic N) is 4. The normalized spacial score (nSPS) is 16.3. The largest absolute Gasteiger partial charge is 0.497 e. The van der Waals surface area contributed by atoms with E-state index in [4.69, 9.17) is 9.47 Å². The number of rotatable bonds is 8. The van der Waals surface area contributed by atoms with Gasteiger partial charge in [0.05, 0.1) is 14.2 Å². The van der Waals surface area contributed by atoms with Gasteiger partial charge in [-0.25, -0.2) is 9.98 Å². The standard InChI is InChI=1S/C20H28F2N6O2.HI/c1-4-23-20(25-12-18-24-6-8-28(18)19(21)22)26-14-5-7-27(13-14)15-9-16(29-2)11-17(10-15)30-3;/h6,8-11,14,19H,4-5,7,12-13H2,1-3H3,(H2,23,25,26);1H. The summed E-state index contributed by atoms with van der Waals surface area (Å²) in [7, 11) is 3.26. The van der Waals surface area contributed by atoms with Crippen LogP contribution in [0.5, 0.6) is 11.5 Å². The van der Waals surface area contributed by atoms with E-state index in [-0.39, 0.29) is 42.4 Å². The Morgan fingerprint density at radius 1 is 1.26 bits per heavy atom. The third-order valence-corrected chi connectivity index (χ3v) is 4.91. The molecule has 172 valence electrons. The van der Waals surface area contributed by atoms with Gasteiger partial charge < -0.3 is 25.0 Å². The summed E-state index contributed by atoms with van der Waals surface area (Å²) in [5.74, 6) is 2.28. The van der Waals surface area contributed by atoms with Gasteiger partial charge in [0.2, 0.25) is 0 Å². The van der Waals surface area contributed by atoms with Gasteiger partial charge in [-0.2, -0.15) is 8.78 Å². The van der Waals surface area contributed by atoms with E-state index >= 15 is 0 Å². The molecule has 0 spiro atoms. The minimum atomic E-state index is -2.63. The predicted octanol–water partition coefficient (Wildman–Crippen LogP) is 3.25. The van der Waals surface area contributed by atoms with E-state index in [2.05, 4.69) is 25.5 Å². The van der Waals surface area contributed by atoms with Crippen LogP contribution in [-0.4, -0.2) is 55.4 Å². The molecule has 1 aliphatic heterocycles. The van der Waals surface area contributed by atoms with Gasteiger partial charge in [0.25, 0.3) is 0 Å². The number of methoxy groups -OCH3 is 2. The van der Waals surface area contributed by atoms with Crippen molar-refractivity contribution in [2.24, 2.45) is 4.99 Å². The summed E-state index contributed by atoms with van der Waals surface area (Å²) in [4.78, 5) is 10.7. The monoisotopic (exact) mass is 550 g/mol. The molecule has 31 heavy (non-hydrogen) atoms. The lowest BCUT2D eigenvalue weighted by atomic mass is 10.2. The first-order valence-corrected chi connectivity index (χ1v) is 9.86. The maximum atomic E-state index is 13.0. The number of alkyl halides is 2. The Kier molecular flexibility index (Phi) is 9.59. The highest BCUT2D eigenvalue weighted by Crippen LogP contribution is 2.30. The average molecular weight is 550 g/mol. The van der Waals surface area contributed by atoms with E-state index in [1.807, 2.05) is 25.1 Å². The lowest BCUT2D eigenvalue weighted by Gasteiger charge is -2.21. The zero-order chi connectivity index (χ0) is 21.5. The highest BCUT2D eigenvalue weighted by molar-refractivity contribution is 14.0. The summed E-state index contributed by atoms with van der Waals surface area (Å²) in [5.41, 5.74) is 1.02. The fourth-order valence-electron chi connectivity index (χ4n) is 3.39. The molecule has 0 radical (unpaired) electrons. The Hall–Kier alpha value is -2.31. The van der Waals surface area contributed by atoms with Crippen LogP contribution in [0, 0.1) is 0 Å². The summed E-state index contributed by atoms with van der Waals surface area (Å²) in [5, 5.41) is 6.56. The lowest BCUT2D eigenvalue weighted by Crippen LogP contribution is -2.44. The van der Waals surface area contributed by atoms with Gasteiger partial charge in [-0.3, -0.25) is 4.57 Å². The average Bonchev–Trinajstić information content (AvgIpc) is 3.41. The topological polar surface area (TPSA) is 75.9 Å². The Morgan fingerprint density at radius 3 is 2.58 bits per heavy atom. The Balaban J connectivity index is 0.00000341. The molecule has 1 aliphatic rings. The highest BCUT2D eigenvalue weighted by Gasteiger charge is 2.24. The zero-order valence-electron chi connectivity index (χ0n) is 17.8. The molecule has 0 bridgehead atoms. The molecule has 8 nitrogen and oxygen atoms in total. The van der Waals surface area contributed by atoms with E-state index in [0.717, 1.165) is 41.3 Å². The van der Waals surface area contributed by atoms with Crippen LogP contribution in [-0.2, 0) is 6.54 Å². The van der Waals surface area contributed by atoms with Crippen LogP contribution in [0.3, 0.4) is 0 Å². The number of hydrogen-bond donors (Lipinski definition) is 2. The van der Waals surface area contributed by atoms with Crippen LogP contribution in [0.25, 0.3) is 0 Å². The number of ether oxygens (including phenoxy) is 2. The predicted molar refractivity (Wildman–Crippen MR) is 127 cm³/mol. The number of halogens is 3. The van der Waals surface area contributed by atoms with Crippen LogP contribution in [0.1, 0.15) is 25.7 Å². The SMILES string of the molecule is CCNC(=NCc1nccn1C(F)F)NC1CCN(c2cc(OC)cc(OC)c2)C1.I. The van der Waals surface area contributed by atoms with Crippen LogP contribution in [0.15, 0.2) is 35.6 Å². The van der Waals surface area contributed by atoms with Gasteiger partial charge in [0, 0.05) is 62.0 Å². The second-order valence-corrected chi connectivity index (χ2v) is 6.87. The number of anilines is 1. The number of aromatic nitrogens is 2. The smallest absolute Gasteiger partial charge is 0.319 e. The quantitative estimate of drug-likeness (QED) is 0.299. The van der Waals surface area contributed by atoms with Crippen molar-refractivity contribution in [3.63, 3.8) is 0 Å². The molecule has 0 saturated carbocycles. The molecule has 1 aromatic heterocycles. The van der Waals surface area contributed by atoms with Crippen molar-refractivity contribution >= 4 is 35.6 Å². The Bertz CT molecular complexity index is 842. The summed E-state index contributed by atoms with van der Waals surface area (Å²) < 4.78 is 37.5. The van der Waals surface area contributed by atoms with E-state index < -0.39 is 6.55 Å². The van der Waals surface area contributed by atoms with Gasteiger partial charge in [-0.05, 0) is 13.3 Å². The molecule has 1 unspecified atom stereocenters. The Labute approximate surface area is 198 Å². The molecule has 1 aromatic carbocycles. The number of imidazole rings is 1. The van der Waals surface area contributed by atoms with Crippen LogP contribution in [0.2, 0.25) is 0 Å². The Morgan fingerprint density at radius 2 is 1.97 bits per heavy atom. The van der Waals surface area contributed by atoms with Crippen molar-refractivity contribution < 1.29 is 18.3 Å². The van der Waals surface area contributed by atoms with Crippen molar-refractivity contribution in [1.29, 1.82) is 0 Å². The molecule has 2 aromatic rings. The van der Waals surface area contributed by atoms with E-state index in [9.17, 15) is 8.78 Å². The molecule has 3 rings (SSSR count). The number of benzene rings is 1. The van der Waals surface area contributed by atoms with Gasteiger partial charge in [0.15, 0.2) is 5.96 Å². The molecule has 2 N–H and O–H groups in total. The van der Waals surface area contributed by atoms with Crippen LogP contribution >= 0.6 is 24.0 Å². The lowest BCUT2D eigenvalue weighted by molar-refractivity contribution is 0.0671. The van der Waals surface area contributed by atoms with Crippen LogP contribution < -0.4 is 25.0 Å².